The second kappa shape index (κ2) is 8.92. The number of phenols is 1. The number of hydrogen-bond donors (Lipinski definition) is 2. The summed E-state index contributed by atoms with van der Waals surface area (Å²) in [4.78, 5) is 15.5. The van der Waals surface area contributed by atoms with Crippen molar-refractivity contribution in [1.82, 2.24) is 4.90 Å². The summed E-state index contributed by atoms with van der Waals surface area (Å²) in [7, 11) is 0. The topological polar surface area (TPSA) is 66.6 Å². The first-order chi connectivity index (χ1) is 14.9. The Hall–Kier alpha value is -3.79. The molecular formula is C27H28N2O2. The van der Waals surface area contributed by atoms with Gasteiger partial charge in [-0.3, -0.25) is 9.69 Å². The molecule has 1 aliphatic heterocycles. The van der Waals surface area contributed by atoms with E-state index in [4.69, 9.17) is 5.73 Å². The Bertz CT molecular complexity index is 1040. The van der Waals surface area contributed by atoms with E-state index in [2.05, 4.69) is 13.2 Å². The lowest BCUT2D eigenvalue weighted by atomic mass is 9.75. The SMILES string of the molecule is C=CC1=C(C=C)C(c2ccc(N)cc2)(c2ccc(O)cc2)N(C(/C=C\CC)=C/C)C1=O. The Kier molecular flexibility index (Phi) is 6.30. The molecule has 1 amide bonds. The van der Waals surface area contributed by atoms with Gasteiger partial charge in [-0.15, -0.1) is 0 Å². The minimum atomic E-state index is -0.996. The van der Waals surface area contributed by atoms with E-state index in [1.807, 2.05) is 68.5 Å². The Morgan fingerprint density at radius 3 is 2.13 bits per heavy atom. The van der Waals surface area contributed by atoms with Crippen molar-refractivity contribution in [3.63, 3.8) is 0 Å². The van der Waals surface area contributed by atoms with Gasteiger partial charge in [0.25, 0.3) is 5.91 Å². The first-order valence-electron chi connectivity index (χ1n) is 10.3. The van der Waals surface area contributed by atoms with Crippen LogP contribution in [0.3, 0.4) is 0 Å². The largest absolute Gasteiger partial charge is 0.508 e. The molecule has 0 saturated heterocycles. The van der Waals surface area contributed by atoms with Crippen LogP contribution >= 0.6 is 0 Å². The minimum Gasteiger partial charge on any atom is -0.508 e. The number of phenolic OH excluding ortho intramolecular Hbond substituents is 1. The predicted molar refractivity (Wildman–Crippen MR) is 127 cm³/mol. The van der Waals surface area contributed by atoms with Gasteiger partial charge in [-0.1, -0.05) is 68.7 Å². The van der Waals surface area contributed by atoms with Crippen LogP contribution in [0.15, 0.2) is 109 Å². The van der Waals surface area contributed by atoms with E-state index >= 15 is 0 Å². The number of amides is 1. The lowest BCUT2D eigenvalue weighted by molar-refractivity contribution is -0.126. The van der Waals surface area contributed by atoms with Gasteiger partial charge >= 0.3 is 0 Å². The van der Waals surface area contributed by atoms with Crippen LogP contribution in [-0.4, -0.2) is 15.9 Å². The first kappa shape index (κ1) is 21.9. The molecule has 1 heterocycles. The zero-order chi connectivity index (χ0) is 22.6. The van der Waals surface area contributed by atoms with Crippen LogP contribution in [0.5, 0.6) is 5.75 Å². The lowest BCUT2D eigenvalue weighted by Crippen LogP contribution is -2.45. The van der Waals surface area contributed by atoms with Crippen molar-refractivity contribution in [2.45, 2.75) is 25.8 Å². The third-order valence-corrected chi connectivity index (χ3v) is 5.55. The van der Waals surface area contributed by atoms with E-state index in [1.165, 1.54) is 0 Å². The quantitative estimate of drug-likeness (QED) is 0.460. The minimum absolute atomic E-state index is 0.150. The summed E-state index contributed by atoms with van der Waals surface area (Å²) in [6.45, 7) is 11.9. The van der Waals surface area contributed by atoms with Crippen molar-refractivity contribution in [1.29, 1.82) is 0 Å². The molecule has 31 heavy (non-hydrogen) atoms. The smallest absolute Gasteiger partial charge is 0.259 e. The summed E-state index contributed by atoms with van der Waals surface area (Å²) < 4.78 is 0. The van der Waals surface area contributed by atoms with Crippen molar-refractivity contribution in [2.24, 2.45) is 0 Å². The van der Waals surface area contributed by atoms with E-state index in [0.29, 0.717) is 11.3 Å². The van der Waals surface area contributed by atoms with Crippen molar-refractivity contribution in [3.8, 4) is 5.75 Å². The molecule has 1 unspecified atom stereocenters. The number of anilines is 1. The van der Waals surface area contributed by atoms with Gasteiger partial charge in [-0.25, -0.2) is 0 Å². The number of nitrogen functional groups attached to an aromatic ring is 1. The lowest BCUT2D eigenvalue weighted by Gasteiger charge is -2.42. The van der Waals surface area contributed by atoms with Gasteiger partial charge in [-0.05, 0) is 60.4 Å². The number of aromatic hydroxyl groups is 1. The van der Waals surface area contributed by atoms with Crippen molar-refractivity contribution in [2.75, 3.05) is 5.73 Å². The third-order valence-electron chi connectivity index (χ3n) is 5.55. The predicted octanol–water partition coefficient (Wildman–Crippen LogP) is 5.60. The molecule has 1 aliphatic rings. The van der Waals surface area contributed by atoms with Gasteiger partial charge in [0.05, 0.1) is 0 Å². The average molecular weight is 413 g/mol. The fraction of sp³-hybridized carbons (Fsp3) is 0.148. The zero-order valence-electron chi connectivity index (χ0n) is 18.0. The molecule has 0 bridgehead atoms. The summed E-state index contributed by atoms with van der Waals surface area (Å²) in [6, 6.07) is 14.4. The van der Waals surface area contributed by atoms with E-state index in [-0.39, 0.29) is 11.7 Å². The van der Waals surface area contributed by atoms with Crippen molar-refractivity contribution >= 4 is 11.6 Å². The molecule has 0 aromatic heterocycles. The Balaban J connectivity index is 2.48. The molecule has 0 fully saturated rings. The number of benzene rings is 2. The van der Waals surface area contributed by atoms with E-state index in [1.54, 1.807) is 29.2 Å². The molecule has 158 valence electrons. The molecule has 2 aromatic carbocycles. The maximum absolute atomic E-state index is 13.8. The molecule has 0 saturated carbocycles. The van der Waals surface area contributed by atoms with Crippen LogP contribution in [0.1, 0.15) is 31.4 Å². The summed E-state index contributed by atoms with van der Waals surface area (Å²) in [6.07, 6.45) is 10.0. The summed E-state index contributed by atoms with van der Waals surface area (Å²) in [5.74, 6) is -0.0130. The highest BCUT2D eigenvalue weighted by atomic mass is 16.3. The van der Waals surface area contributed by atoms with Crippen molar-refractivity contribution < 1.29 is 9.90 Å². The molecule has 0 spiro atoms. The van der Waals surface area contributed by atoms with Gasteiger partial charge in [0, 0.05) is 17.0 Å². The number of nitrogens with two attached hydrogens (primary N) is 1. The molecule has 3 N–H and O–H groups in total. The fourth-order valence-corrected chi connectivity index (χ4v) is 4.17. The monoisotopic (exact) mass is 412 g/mol. The molecular weight excluding hydrogens is 384 g/mol. The van der Waals surface area contributed by atoms with Crippen LogP contribution in [0.25, 0.3) is 0 Å². The number of hydrogen-bond acceptors (Lipinski definition) is 3. The molecule has 2 aromatic rings. The molecule has 4 nitrogen and oxygen atoms in total. The molecule has 1 atom stereocenters. The zero-order valence-corrected chi connectivity index (χ0v) is 18.0. The summed E-state index contributed by atoms with van der Waals surface area (Å²) in [5.41, 5.74) is 9.26. The average Bonchev–Trinajstić information content (AvgIpc) is 3.04. The third kappa shape index (κ3) is 3.50. The van der Waals surface area contributed by atoms with E-state index < -0.39 is 5.54 Å². The number of nitrogens with zero attached hydrogens (tertiary/aromatic N) is 1. The summed E-state index contributed by atoms with van der Waals surface area (Å²) in [5, 5.41) is 9.93. The standard InChI is InChI=1S/C27H28N2O2/c1-5-9-10-22(6-2)29-26(31)24(7-3)25(8-4)27(29,19-11-15-21(28)16-12-19)20-13-17-23(30)18-14-20/h6-18,30H,3-5,28H2,1-2H3/b10-9-,22-6+. The first-order valence-corrected chi connectivity index (χ1v) is 10.3. The second-order valence-electron chi connectivity index (χ2n) is 7.28. The number of carbonyl (C=O) groups is 1. The van der Waals surface area contributed by atoms with Crippen LogP contribution < -0.4 is 5.73 Å². The molecule has 4 heteroatoms. The maximum atomic E-state index is 13.8. The molecule has 0 radical (unpaired) electrons. The highest BCUT2D eigenvalue weighted by molar-refractivity contribution is 6.04. The highest BCUT2D eigenvalue weighted by Gasteiger charge is 2.53. The Labute approximate surface area is 184 Å². The van der Waals surface area contributed by atoms with Crippen LogP contribution in [0.2, 0.25) is 0 Å². The van der Waals surface area contributed by atoms with Gasteiger partial charge in [0.15, 0.2) is 0 Å². The van der Waals surface area contributed by atoms with E-state index in [0.717, 1.165) is 28.8 Å². The maximum Gasteiger partial charge on any atom is 0.259 e. The Morgan fingerprint density at radius 2 is 1.65 bits per heavy atom. The molecule has 0 aliphatic carbocycles. The Morgan fingerprint density at radius 1 is 1.06 bits per heavy atom. The van der Waals surface area contributed by atoms with Gasteiger partial charge in [-0.2, -0.15) is 0 Å². The normalized spacial score (nSPS) is 19.4. The van der Waals surface area contributed by atoms with Crippen LogP contribution in [0.4, 0.5) is 5.69 Å². The number of carbonyl (C=O) groups excluding carboxylic acids is 1. The highest BCUT2D eigenvalue weighted by Crippen LogP contribution is 2.51. The molecule has 3 rings (SSSR count). The summed E-state index contributed by atoms with van der Waals surface area (Å²) >= 11 is 0. The number of rotatable bonds is 7. The van der Waals surface area contributed by atoms with Gasteiger partial charge in [0.2, 0.25) is 0 Å². The van der Waals surface area contributed by atoms with Gasteiger partial charge < -0.3 is 10.8 Å². The van der Waals surface area contributed by atoms with Gasteiger partial charge in [0.1, 0.15) is 11.3 Å². The number of allylic oxidation sites excluding steroid dienone is 3. The van der Waals surface area contributed by atoms with E-state index in [9.17, 15) is 9.90 Å². The fourth-order valence-electron chi connectivity index (χ4n) is 4.17. The second-order valence-corrected chi connectivity index (χ2v) is 7.28. The van der Waals surface area contributed by atoms with Crippen LogP contribution in [0, 0.1) is 0 Å². The van der Waals surface area contributed by atoms with Crippen molar-refractivity contribution in [3.05, 3.63) is 120 Å². The van der Waals surface area contributed by atoms with Crippen LogP contribution in [-0.2, 0) is 10.3 Å².